The summed E-state index contributed by atoms with van der Waals surface area (Å²) in [6.45, 7) is 14.2. The molecule has 1 amide bonds. The van der Waals surface area contributed by atoms with Gasteiger partial charge in [-0.3, -0.25) is 9.69 Å². The van der Waals surface area contributed by atoms with Crippen LogP contribution in [0.25, 0.3) is 10.9 Å². The average Bonchev–Trinajstić information content (AvgIpc) is 3.91. The number of carbonyl (C=O) groups excluding carboxylic acids is 1. The highest BCUT2D eigenvalue weighted by Crippen LogP contribution is 2.69. The molecule has 2 aliphatic heterocycles. The number of piperidine rings is 1. The van der Waals surface area contributed by atoms with E-state index in [9.17, 15) is 9.90 Å². The Kier molecular flexibility index (Phi) is 5.79. The van der Waals surface area contributed by atoms with E-state index in [1.807, 2.05) is 18.2 Å². The fraction of sp³-hybridized carbons (Fsp3) is 0.595. The van der Waals surface area contributed by atoms with E-state index in [0.29, 0.717) is 17.9 Å². The number of nitrogens with zero attached hydrogens (tertiary/aromatic N) is 1. The van der Waals surface area contributed by atoms with Gasteiger partial charge in [-0.2, -0.15) is 0 Å². The standard InChI is InChI=1S/C37H47N3O4Si/c1-35(2,3)45(4,5)44-28-13-11-23-17-29-37(42)18-26-25-16-24(34(41)38-19-21-6-7-21)10-12-27(25)39-31(26)33-36(37,30(23)32(28)43-33)14-15-40(29)20-22-8-9-22/h10-13,16,21-22,29,33,39,42H,6-9,14-15,17-20H2,1-5H3,(H,38,41). The van der Waals surface area contributed by atoms with Crippen LogP contribution in [0.2, 0.25) is 18.1 Å². The Morgan fingerprint density at radius 3 is 2.67 bits per heavy atom. The summed E-state index contributed by atoms with van der Waals surface area (Å²) in [6, 6.07) is 10.4. The van der Waals surface area contributed by atoms with Crippen molar-refractivity contribution in [3.8, 4) is 11.5 Å². The van der Waals surface area contributed by atoms with Crippen LogP contribution >= 0.6 is 0 Å². The fourth-order valence-corrected chi connectivity index (χ4v) is 9.94. The van der Waals surface area contributed by atoms with E-state index in [0.717, 1.165) is 72.1 Å². The summed E-state index contributed by atoms with van der Waals surface area (Å²) in [5, 5.41) is 17.6. The van der Waals surface area contributed by atoms with Crippen molar-refractivity contribution in [2.45, 2.75) is 107 Å². The third-order valence-corrected chi connectivity index (χ3v) is 17.2. The van der Waals surface area contributed by atoms with Crippen molar-refractivity contribution < 1.29 is 19.1 Å². The Morgan fingerprint density at radius 1 is 1.16 bits per heavy atom. The molecule has 6 aliphatic rings. The highest BCUT2D eigenvalue weighted by Gasteiger charge is 2.73. The topological polar surface area (TPSA) is 86.8 Å². The predicted molar refractivity (Wildman–Crippen MR) is 178 cm³/mol. The molecule has 4 atom stereocenters. The van der Waals surface area contributed by atoms with Gasteiger partial charge in [-0.25, -0.2) is 0 Å². The maximum Gasteiger partial charge on any atom is 0.251 e. The molecule has 3 aromatic rings. The molecule has 45 heavy (non-hydrogen) atoms. The number of fused-ring (bicyclic) bond motifs is 4. The van der Waals surface area contributed by atoms with Gasteiger partial charge < -0.3 is 24.6 Å². The van der Waals surface area contributed by atoms with Crippen LogP contribution in [0.3, 0.4) is 0 Å². The van der Waals surface area contributed by atoms with Gasteiger partial charge in [-0.15, -0.1) is 0 Å². The number of likely N-dealkylation sites (tertiary alicyclic amines) is 1. The number of ether oxygens (including phenoxy) is 1. The molecule has 9 rings (SSSR count). The molecule has 1 spiro atoms. The first-order valence-electron chi connectivity index (χ1n) is 17.3. The van der Waals surface area contributed by atoms with Gasteiger partial charge in [-0.1, -0.05) is 26.8 Å². The molecule has 7 nitrogen and oxygen atoms in total. The lowest BCUT2D eigenvalue weighted by Crippen LogP contribution is -2.74. The number of carbonyl (C=O) groups is 1. The molecular formula is C37H47N3O4Si. The summed E-state index contributed by atoms with van der Waals surface area (Å²) in [5.74, 6) is 3.04. The van der Waals surface area contributed by atoms with Crippen molar-refractivity contribution >= 4 is 25.1 Å². The number of hydrogen-bond donors (Lipinski definition) is 3. The lowest BCUT2D eigenvalue weighted by atomic mass is 9.49. The van der Waals surface area contributed by atoms with Gasteiger partial charge in [0.15, 0.2) is 11.9 Å². The Morgan fingerprint density at radius 2 is 1.93 bits per heavy atom. The third kappa shape index (κ3) is 3.97. The predicted octanol–water partition coefficient (Wildman–Crippen LogP) is 6.39. The number of amides is 1. The van der Waals surface area contributed by atoms with Crippen LogP contribution in [-0.2, 0) is 18.3 Å². The number of aromatic nitrogens is 1. The van der Waals surface area contributed by atoms with E-state index in [-0.39, 0.29) is 23.1 Å². The number of benzene rings is 2. The quantitative estimate of drug-likeness (QED) is 0.265. The van der Waals surface area contributed by atoms with Crippen molar-refractivity contribution in [3.63, 3.8) is 0 Å². The van der Waals surface area contributed by atoms with Crippen LogP contribution in [-0.4, -0.2) is 60.5 Å². The Bertz CT molecular complexity index is 1750. The van der Waals surface area contributed by atoms with E-state index < -0.39 is 19.3 Å². The molecule has 3 N–H and O–H groups in total. The average molecular weight is 626 g/mol. The van der Waals surface area contributed by atoms with Crippen LogP contribution in [0, 0.1) is 11.8 Å². The number of rotatable bonds is 7. The molecule has 4 aliphatic carbocycles. The first-order valence-corrected chi connectivity index (χ1v) is 20.2. The van der Waals surface area contributed by atoms with E-state index in [1.165, 1.54) is 36.8 Å². The minimum absolute atomic E-state index is 0.0172. The van der Waals surface area contributed by atoms with Crippen molar-refractivity contribution in [1.29, 1.82) is 0 Å². The monoisotopic (exact) mass is 625 g/mol. The Labute approximate surface area is 267 Å². The number of nitrogens with one attached hydrogen (secondary N) is 2. The summed E-state index contributed by atoms with van der Waals surface area (Å²) in [4.78, 5) is 19.5. The van der Waals surface area contributed by atoms with E-state index in [2.05, 4.69) is 61.2 Å². The third-order valence-electron chi connectivity index (χ3n) is 12.8. The SMILES string of the molecule is CC(C)(C)[Si](C)(C)Oc1ccc2c3c1OC1c4[nH]c5ccc(C(=O)NCC6CC6)cc5c4CC4(O)C(C2)N(CC2CC2)CCC314. The van der Waals surface area contributed by atoms with Gasteiger partial charge in [0.2, 0.25) is 0 Å². The van der Waals surface area contributed by atoms with Crippen LogP contribution in [0.4, 0.5) is 0 Å². The number of H-pyrrole nitrogens is 1. The first-order chi connectivity index (χ1) is 21.4. The Balaban J connectivity index is 1.19. The van der Waals surface area contributed by atoms with Crippen molar-refractivity contribution in [3.05, 3.63) is 58.3 Å². The molecule has 2 aromatic carbocycles. The molecule has 3 heterocycles. The largest absolute Gasteiger partial charge is 0.541 e. The number of hydrogen-bond acceptors (Lipinski definition) is 5. The van der Waals surface area contributed by atoms with E-state index in [1.54, 1.807) is 0 Å². The van der Waals surface area contributed by atoms with Crippen molar-refractivity contribution in [2.24, 2.45) is 11.8 Å². The molecule has 238 valence electrons. The lowest BCUT2D eigenvalue weighted by molar-refractivity contribution is -0.173. The van der Waals surface area contributed by atoms with Gasteiger partial charge in [0.1, 0.15) is 5.75 Å². The maximum atomic E-state index is 13.4. The van der Waals surface area contributed by atoms with E-state index in [4.69, 9.17) is 9.16 Å². The van der Waals surface area contributed by atoms with Crippen LogP contribution in [0.1, 0.15) is 91.7 Å². The molecule has 4 unspecified atom stereocenters. The number of aromatic amines is 1. The Hall–Kier alpha value is -2.81. The molecule has 2 bridgehead atoms. The zero-order chi connectivity index (χ0) is 31.1. The maximum absolute atomic E-state index is 13.4. The minimum Gasteiger partial charge on any atom is -0.541 e. The first kappa shape index (κ1) is 28.4. The van der Waals surface area contributed by atoms with Gasteiger partial charge in [0.05, 0.1) is 16.7 Å². The number of aliphatic hydroxyl groups is 1. The zero-order valence-electron chi connectivity index (χ0n) is 27.4. The highest BCUT2D eigenvalue weighted by atomic mass is 28.4. The summed E-state index contributed by atoms with van der Waals surface area (Å²) < 4.78 is 14.2. The van der Waals surface area contributed by atoms with Crippen LogP contribution in [0.5, 0.6) is 11.5 Å². The van der Waals surface area contributed by atoms with Crippen LogP contribution < -0.4 is 14.5 Å². The smallest absolute Gasteiger partial charge is 0.251 e. The second kappa shape index (κ2) is 9.17. The molecule has 8 heteroatoms. The molecule has 3 fully saturated rings. The fourth-order valence-electron chi connectivity index (χ4n) is 8.92. The van der Waals surface area contributed by atoms with Gasteiger partial charge in [0, 0.05) is 47.6 Å². The highest BCUT2D eigenvalue weighted by molar-refractivity contribution is 6.74. The molecule has 1 aromatic heterocycles. The lowest BCUT2D eigenvalue weighted by Gasteiger charge is -2.62. The molecular weight excluding hydrogens is 579 g/mol. The van der Waals surface area contributed by atoms with Gasteiger partial charge in [-0.05, 0) is 110 Å². The zero-order valence-corrected chi connectivity index (χ0v) is 28.4. The summed E-state index contributed by atoms with van der Waals surface area (Å²) >= 11 is 0. The van der Waals surface area contributed by atoms with Gasteiger partial charge in [0.25, 0.3) is 14.2 Å². The van der Waals surface area contributed by atoms with Crippen molar-refractivity contribution in [2.75, 3.05) is 19.6 Å². The van der Waals surface area contributed by atoms with Crippen LogP contribution in [0.15, 0.2) is 30.3 Å². The summed E-state index contributed by atoms with van der Waals surface area (Å²) in [6.07, 6.45) is 6.89. The second-order valence-corrected chi connectivity index (χ2v) is 21.4. The summed E-state index contributed by atoms with van der Waals surface area (Å²) in [5.41, 5.74) is 4.79. The van der Waals surface area contributed by atoms with Gasteiger partial charge >= 0.3 is 0 Å². The molecule has 0 radical (unpaired) electrons. The van der Waals surface area contributed by atoms with E-state index >= 15 is 0 Å². The van der Waals surface area contributed by atoms with Crippen molar-refractivity contribution in [1.82, 2.24) is 15.2 Å². The molecule has 1 saturated heterocycles. The summed E-state index contributed by atoms with van der Waals surface area (Å²) in [7, 11) is -2.15. The normalized spacial score (nSPS) is 30.1. The minimum atomic E-state index is -2.15. The second-order valence-electron chi connectivity index (χ2n) is 16.7. The molecule has 2 saturated carbocycles.